The van der Waals surface area contributed by atoms with Crippen molar-refractivity contribution in [2.45, 2.75) is 13.0 Å². The first-order valence-corrected chi connectivity index (χ1v) is 9.98. The third-order valence-electron chi connectivity index (χ3n) is 6.09. The van der Waals surface area contributed by atoms with Gasteiger partial charge in [-0.3, -0.25) is 14.5 Å². The number of nitrogens with zero attached hydrogens (tertiary/aromatic N) is 1. The molecule has 29 heavy (non-hydrogen) atoms. The highest BCUT2D eigenvalue weighted by atomic mass is 35.5. The van der Waals surface area contributed by atoms with Crippen molar-refractivity contribution in [3.8, 4) is 0 Å². The third-order valence-corrected chi connectivity index (χ3v) is 6.33. The summed E-state index contributed by atoms with van der Waals surface area (Å²) in [6.07, 6.45) is 5.04. The molecule has 1 saturated carbocycles. The Morgan fingerprint density at radius 3 is 2.28 bits per heavy atom. The van der Waals surface area contributed by atoms with E-state index in [1.807, 2.05) is 6.07 Å². The lowest BCUT2D eigenvalue weighted by Gasteiger charge is -2.17. The Kier molecular flexibility index (Phi) is 4.28. The first-order chi connectivity index (χ1) is 14.0. The number of carbonyl (C=O) groups is 3. The third kappa shape index (κ3) is 2.97. The van der Waals surface area contributed by atoms with Crippen LogP contribution >= 0.6 is 11.6 Å². The molecule has 2 amide bonds. The highest BCUT2D eigenvalue weighted by Crippen LogP contribution is 2.53. The van der Waals surface area contributed by atoms with Crippen LogP contribution in [0.2, 0.25) is 5.02 Å². The van der Waals surface area contributed by atoms with E-state index in [-0.39, 0.29) is 42.1 Å². The molecule has 2 aliphatic carbocycles. The summed E-state index contributed by atoms with van der Waals surface area (Å²) in [6, 6.07) is 13.5. The predicted octanol–water partition coefficient (Wildman–Crippen LogP) is 4.01. The number of hydrogen-bond acceptors (Lipinski definition) is 4. The number of amides is 2. The van der Waals surface area contributed by atoms with Crippen molar-refractivity contribution in [3.63, 3.8) is 0 Å². The number of ether oxygens (including phenoxy) is 1. The SMILES string of the molecule is O=C(OCc1cccc(Cl)c1)c1ccc(N2C(=O)[C@@H]3[C@H](C2=O)[C@H]2C=C[C@H]3C2)cc1. The van der Waals surface area contributed by atoms with E-state index < -0.39 is 5.97 Å². The van der Waals surface area contributed by atoms with Gasteiger partial charge in [0.1, 0.15) is 6.61 Å². The number of rotatable bonds is 4. The van der Waals surface area contributed by atoms with E-state index in [4.69, 9.17) is 16.3 Å². The topological polar surface area (TPSA) is 63.7 Å². The van der Waals surface area contributed by atoms with E-state index in [1.165, 1.54) is 4.90 Å². The van der Waals surface area contributed by atoms with Crippen molar-refractivity contribution >= 4 is 35.1 Å². The maximum Gasteiger partial charge on any atom is 0.338 e. The van der Waals surface area contributed by atoms with E-state index in [0.29, 0.717) is 16.3 Å². The van der Waals surface area contributed by atoms with Gasteiger partial charge in [0.05, 0.1) is 23.1 Å². The average molecular weight is 408 g/mol. The molecule has 1 heterocycles. The number of halogens is 1. The summed E-state index contributed by atoms with van der Waals surface area (Å²) in [7, 11) is 0. The van der Waals surface area contributed by atoms with E-state index in [0.717, 1.165) is 12.0 Å². The standard InChI is InChI=1S/C23H18ClNO4/c24-17-3-1-2-13(10-17)12-29-23(28)14-6-8-18(9-7-14)25-21(26)19-15-4-5-16(11-15)20(19)22(25)27/h1-10,15-16,19-20H,11-12H2/t15-,16-,19-,20+/m0/s1. The van der Waals surface area contributed by atoms with Crippen molar-refractivity contribution in [1.29, 1.82) is 0 Å². The minimum Gasteiger partial charge on any atom is -0.457 e. The Labute approximate surface area is 172 Å². The quantitative estimate of drug-likeness (QED) is 0.436. The van der Waals surface area contributed by atoms with E-state index >= 15 is 0 Å². The van der Waals surface area contributed by atoms with Crippen LogP contribution in [-0.2, 0) is 20.9 Å². The molecular weight excluding hydrogens is 390 g/mol. The monoisotopic (exact) mass is 407 g/mol. The summed E-state index contributed by atoms with van der Waals surface area (Å²) in [4.78, 5) is 39.3. The number of carbonyl (C=O) groups excluding carboxylic acids is 3. The van der Waals surface area contributed by atoms with Gasteiger partial charge in [-0.1, -0.05) is 35.9 Å². The lowest BCUT2D eigenvalue weighted by molar-refractivity contribution is -0.123. The van der Waals surface area contributed by atoms with Gasteiger partial charge in [-0.05, 0) is 60.2 Å². The van der Waals surface area contributed by atoms with Crippen molar-refractivity contribution in [2.75, 3.05) is 4.90 Å². The highest BCUT2D eigenvalue weighted by molar-refractivity contribution is 6.30. The Morgan fingerprint density at radius 1 is 1.00 bits per heavy atom. The Morgan fingerprint density at radius 2 is 1.66 bits per heavy atom. The summed E-state index contributed by atoms with van der Waals surface area (Å²) >= 11 is 5.93. The summed E-state index contributed by atoms with van der Waals surface area (Å²) in [6.45, 7) is 0.114. The second-order valence-corrected chi connectivity index (χ2v) is 8.20. The molecular formula is C23H18ClNO4. The first kappa shape index (κ1) is 18.1. The second-order valence-electron chi connectivity index (χ2n) is 7.76. The van der Waals surface area contributed by atoms with Crippen LogP contribution in [0, 0.1) is 23.7 Å². The normalized spacial score (nSPS) is 26.9. The summed E-state index contributed by atoms with van der Waals surface area (Å²) in [5.41, 5.74) is 1.66. The molecule has 1 aliphatic heterocycles. The maximum absolute atomic E-state index is 12.9. The minimum absolute atomic E-state index is 0.114. The highest BCUT2D eigenvalue weighted by Gasteiger charge is 2.59. The summed E-state index contributed by atoms with van der Waals surface area (Å²) in [5.74, 6) is -0.866. The summed E-state index contributed by atoms with van der Waals surface area (Å²) < 4.78 is 5.32. The van der Waals surface area contributed by atoms with Gasteiger partial charge < -0.3 is 4.74 Å². The smallest absolute Gasteiger partial charge is 0.338 e. The zero-order valence-corrected chi connectivity index (χ0v) is 16.2. The molecule has 2 fully saturated rings. The molecule has 0 aromatic heterocycles. The molecule has 0 radical (unpaired) electrons. The Bertz CT molecular complexity index is 1020. The first-order valence-electron chi connectivity index (χ1n) is 9.61. The molecule has 0 spiro atoms. The van der Waals surface area contributed by atoms with Crippen LogP contribution in [0.25, 0.3) is 0 Å². The van der Waals surface area contributed by atoms with Gasteiger partial charge in [-0.2, -0.15) is 0 Å². The van der Waals surface area contributed by atoms with Crippen LogP contribution in [0.4, 0.5) is 5.69 Å². The molecule has 2 aromatic carbocycles. The van der Waals surface area contributed by atoms with Crippen LogP contribution in [0.15, 0.2) is 60.7 Å². The Balaban J connectivity index is 1.29. The number of imide groups is 1. The molecule has 5 nitrogen and oxygen atoms in total. The maximum atomic E-state index is 12.9. The zero-order valence-electron chi connectivity index (χ0n) is 15.5. The van der Waals surface area contributed by atoms with Gasteiger partial charge in [0.25, 0.3) is 0 Å². The van der Waals surface area contributed by atoms with Crippen LogP contribution in [0.5, 0.6) is 0 Å². The van der Waals surface area contributed by atoms with Crippen LogP contribution in [-0.4, -0.2) is 17.8 Å². The van der Waals surface area contributed by atoms with E-state index in [9.17, 15) is 14.4 Å². The fourth-order valence-corrected chi connectivity index (χ4v) is 4.98. The largest absolute Gasteiger partial charge is 0.457 e. The molecule has 1 saturated heterocycles. The van der Waals surface area contributed by atoms with Crippen molar-refractivity contribution in [3.05, 3.63) is 76.8 Å². The van der Waals surface area contributed by atoms with Gasteiger partial charge >= 0.3 is 5.97 Å². The molecule has 0 N–H and O–H groups in total. The molecule has 6 heteroatoms. The average Bonchev–Trinajstić information content (AvgIpc) is 3.40. The Hall–Kier alpha value is -2.92. The molecule has 146 valence electrons. The van der Waals surface area contributed by atoms with Gasteiger partial charge in [-0.25, -0.2) is 4.79 Å². The zero-order chi connectivity index (χ0) is 20.1. The molecule has 0 unspecified atom stereocenters. The van der Waals surface area contributed by atoms with Crippen LogP contribution in [0.1, 0.15) is 22.3 Å². The number of esters is 1. The van der Waals surface area contributed by atoms with Crippen LogP contribution < -0.4 is 4.90 Å². The van der Waals surface area contributed by atoms with Crippen molar-refractivity contribution < 1.29 is 19.1 Å². The lowest BCUT2D eigenvalue weighted by atomic mass is 9.85. The lowest BCUT2D eigenvalue weighted by Crippen LogP contribution is -2.32. The number of benzene rings is 2. The second kappa shape index (κ2) is 6.85. The molecule has 4 atom stereocenters. The van der Waals surface area contributed by atoms with Crippen molar-refractivity contribution in [2.24, 2.45) is 23.7 Å². The van der Waals surface area contributed by atoms with Gasteiger partial charge in [0.2, 0.25) is 11.8 Å². The van der Waals surface area contributed by atoms with Gasteiger partial charge in [0.15, 0.2) is 0 Å². The molecule has 2 bridgehead atoms. The number of fused-ring (bicyclic) bond motifs is 5. The van der Waals surface area contributed by atoms with Crippen molar-refractivity contribution in [1.82, 2.24) is 0 Å². The summed E-state index contributed by atoms with van der Waals surface area (Å²) in [5, 5.41) is 0.580. The number of anilines is 1. The molecule has 3 aliphatic rings. The van der Waals surface area contributed by atoms with Gasteiger partial charge in [-0.15, -0.1) is 0 Å². The van der Waals surface area contributed by atoms with Gasteiger partial charge in [0, 0.05) is 5.02 Å². The number of allylic oxidation sites excluding steroid dienone is 2. The number of hydrogen-bond donors (Lipinski definition) is 0. The van der Waals surface area contributed by atoms with Crippen LogP contribution in [0.3, 0.4) is 0 Å². The fourth-order valence-electron chi connectivity index (χ4n) is 4.76. The minimum atomic E-state index is -0.477. The molecule has 5 rings (SSSR count). The van der Waals surface area contributed by atoms with E-state index in [2.05, 4.69) is 12.2 Å². The predicted molar refractivity (Wildman–Crippen MR) is 107 cm³/mol. The fraction of sp³-hybridized carbons (Fsp3) is 0.261. The van der Waals surface area contributed by atoms with E-state index in [1.54, 1.807) is 42.5 Å². The molecule has 2 aromatic rings.